The van der Waals surface area contributed by atoms with Crippen LogP contribution in [-0.4, -0.2) is 36.7 Å². The Bertz CT molecular complexity index is 228. The predicted octanol–water partition coefficient (Wildman–Crippen LogP) is 1.03. The summed E-state index contributed by atoms with van der Waals surface area (Å²) in [4.78, 5) is 22.2. The van der Waals surface area contributed by atoms with E-state index in [1.165, 1.54) is 0 Å². The zero-order valence-corrected chi connectivity index (χ0v) is 10.2. The van der Waals surface area contributed by atoms with Gasteiger partial charge < -0.3 is 15.2 Å². The average molecular weight is 231 g/mol. The third-order valence-electron chi connectivity index (χ3n) is 2.25. The first kappa shape index (κ1) is 14.9. The van der Waals surface area contributed by atoms with E-state index in [-0.39, 0.29) is 11.8 Å². The summed E-state index contributed by atoms with van der Waals surface area (Å²) >= 11 is 0. The van der Waals surface area contributed by atoms with Crippen molar-refractivity contribution in [2.45, 2.75) is 39.2 Å². The lowest BCUT2D eigenvalue weighted by atomic mass is 10.0. The van der Waals surface area contributed by atoms with Crippen molar-refractivity contribution in [2.75, 3.05) is 13.7 Å². The molecule has 5 nitrogen and oxygen atoms in total. The molecule has 0 aromatic carbocycles. The number of hydrogen-bond acceptors (Lipinski definition) is 3. The van der Waals surface area contributed by atoms with Gasteiger partial charge in [0.2, 0.25) is 5.91 Å². The molecular formula is C11H21NO4. The smallest absolute Gasteiger partial charge is 0.326 e. The maximum absolute atomic E-state index is 11.4. The molecule has 0 aliphatic heterocycles. The summed E-state index contributed by atoms with van der Waals surface area (Å²) in [5.41, 5.74) is 0. The molecule has 0 aliphatic rings. The van der Waals surface area contributed by atoms with E-state index in [0.29, 0.717) is 19.4 Å². The van der Waals surface area contributed by atoms with Gasteiger partial charge in [0.15, 0.2) is 0 Å². The Labute approximate surface area is 96.2 Å². The number of rotatable bonds is 8. The summed E-state index contributed by atoms with van der Waals surface area (Å²) in [5.74, 6) is -1.31. The van der Waals surface area contributed by atoms with Crippen molar-refractivity contribution in [2.24, 2.45) is 5.92 Å². The van der Waals surface area contributed by atoms with E-state index in [1.54, 1.807) is 21.0 Å². The number of carboxylic acids is 1. The second-order valence-electron chi connectivity index (χ2n) is 4.08. The Kier molecular flexibility index (Phi) is 7.54. The number of carbonyl (C=O) groups is 2. The van der Waals surface area contributed by atoms with Crippen molar-refractivity contribution in [3.05, 3.63) is 0 Å². The fourth-order valence-corrected chi connectivity index (χ4v) is 1.29. The van der Waals surface area contributed by atoms with Crippen LogP contribution in [-0.2, 0) is 14.3 Å². The topological polar surface area (TPSA) is 75.6 Å². The van der Waals surface area contributed by atoms with Gasteiger partial charge in [-0.15, -0.1) is 0 Å². The van der Waals surface area contributed by atoms with Gasteiger partial charge in [-0.25, -0.2) is 4.79 Å². The van der Waals surface area contributed by atoms with Gasteiger partial charge in [0.25, 0.3) is 0 Å². The van der Waals surface area contributed by atoms with Gasteiger partial charge in [0.05, 0.1) is 0 Å². The third kappa shape index (κ3) is 6.40. The number of amides is 1. The van der Waals surface area contributed by atoms with Gasteiger partial charge >= 0.3 is 5.97 Å². The highest BCUT2D eigenvalue weighted by Gasteiger charge is 2.22. The van der Waals surface area contributed by atoms with Crippen LogP contribution in [0.2, 0.25) is 0 Å². The molecule has 0 spiro atoms. The molecule has 0 bridgehead atoms. The van der Waals surface area contributed by atoms with E-state index < -0.39 is 12.0 Å². The fourth-order valence-electron chi connectivity index (χ4n) is 1.29. The van der Waals surface area contributed by atoms with Gasteiger partial charge in [-0.05, 0) is 18.8 Å². The van der Waals surface area contributed by atoms with Gasteiger partial charge in [0, 0.05) is 20.1 Å². The van der Waals surface area contributed by atoms with Crippen LogP contribution in [0.4, 0.5) is 0 Å². The normalized spacial score (nSPS) is 12.5. The molecule has 94 valence electrons. The van der Waals surface area contributed by atoms with Crippen LogP contribution in [0.25, 0.3) is 0 Å². The second-order valence-corrected chi connectivity index (χ2v) is 4.08. The van der Waals surface area contributed by atoms with Crippen molar-refractivity contribution in [1.29, 1.82) is 0 Å². The SMILES string of the molecule is COCCCCC(=O)N[C@@H](C(=O)O)C(C)C. The largest absolute Gasteiger partial charge is 0.480 e. The highest BCUT2D eigenvalue weighted by Crippen LogP contribution is 2.03. The molecule has 0 heterocycles. The molecular weight excluding hydrogens is 210 g/mol. The van der Waals surface area contributed by atoms with Crippen LogP contribution < -0.4 is 5.32 Å². The monoisotopic (exact) mass is 231 g/mol. The fraction of sp³-hybridized carbons (Fsp3) is 0.818. The number of hydrogen-bond donors (Lipinski definition) is 2. The zero-order valence-electron chi connectivity index (χ0n) is 10.2. The molecule has 0 aromatic heterocycles. The Morgan fingerprint density at radius 1 is 1.31 bits per heavy atom. The number of carbonyl (C=O) groups excluding carboxylic acids is 1. The van der Waals surface area contributed by atoms with Crippen LogP contribution in [0.15, 0.2) is 0 Å². The molecule has 5 heteroatoms. The molecule has 1 atom stereocenters. The number of unbranched alkanes of at least 4 members (excludes halogenated alkanes) is 1. The molecule has 0 rings (SSSR count). The van der Waals surface area contributed by atoms with E-state index in [9.17, 15) is 9.59 Å². The van der Waals surface area contributed by atoms with E-state index in [0.717, 1.165) is 6.42 Å². The lowest BCUT2D eigenvalue weighted by Gasteiger charge is -2.17. The molecule has 0 aliphatic carbocycles. The first-order chi connectivity index (χ1) is 7.49. The second kappa shape index (κ2) is 8.10. The minimum atomic E-state index is -0.986. The number of ether oxygens (including phenoxy) is 1. The summed E-state index contributed by atoms with van der Waals surface area (Å²) < 4.78 is 4.86. The summed E-state index contributed by atoms with van der Waals surface area (Å²) in [6.07, 6.45) is 1.87. The molecule has 0 fully saturated rings. The number of methoxy groups -OCH3 is 1. The van der Waals surface area contributed by atoms with Gasteiger partial charge in [0.1, 0.15) is 6.04 Å². The first-order valence-electron chi connectivity index (χ1n) is 5.50. The Balaban J connectivity index is 3.87. The molecule has 0 aromatic rings. The van der Waals surface area contributed by atoms with Crippen molar-refractivity contribution in [1.82, 2.24) is 5.32 Å². The van der Waals surface area contributed by atoms with Crippen molar-refractivity contribution >= 4 is 11.9 Å². The molecule has 0 radical (unpaired) electrons. The molecule has 0 saturated carbocycles. The molecule has 0 unspecified atom stereocenters. The van der Waals surface area contributed by atoms with Gasteiger partial charge in [-0.1, -0.05) is 13.8 Å². The van der Waals surface area contributed by atoms with Crippen LogP contribution >= 0.6 is 0 Å². The van der Waals surface area contributed by atoms with Crippen LogP contribution in [0, 0.1) is 5.92 Å². The van der Waals surface area contributed by atoms with Crippen LogP contribution in [0.1, 0.15) is 33.1 Å². The van der Waals surface area contributed by atoms with Crippen molar-refractivity contribution in [3.63, 3.8) is 0 Å². The number of nitrogens with one attached hydrogen (secondary N) is 1. The van der Waals surface area contributed by atoms with Crippen molar-refractivity contribution in [3.8, 4) is 0 Å². The van der Waals surface area contributed by atoms with E-state index in [1.807, 2.05) is 0 Å². The highest BCUT2D eigenvalue weighted by molar-refractivity contribution is 5.83. The quantitative estimate of drug-likeness (QED) is 0.612. The Morgan fingerprint density at radius 3 is 2.38 bits per heavy atom. The van der Waals surface area contributed by atoms with Gasteiger partial charge in [-0.3, -0.25) is 4.79 Å². The minimum absolute atomic E-state index is 0.111. The summed E-state index contributed by atoms with van der Waals surface area (Å²) in [6.45, 7) is 4.16. The Morgan fingerprint density at radius 2 is 1.94 bits per heavy atom. The number of carboxylic acid groups (broad SMARTS) is 1. The standard InChI is InChI=1S/C11H21NO4/c1-8(2)10(11(14)15)12-9(13)6-4-5-7-16-3/h8,10H,4-7H2,1-3H3,(H,12,13)(H,14,15)/t10-/m1/s1. The minimum Gasteiger partial charge on any atom is -0.480 e. The van der Waals surface area contributed by atoms with Crippen molar-refractivity contribution < 1.29 is 19.4 Å². The van der Waals surface area contributed by atoms with Crippen LogP contribution in [0.5, 0.6) is 0 Å². The molecule has 2 N–H and O–H groups in total. The Hall–Kier alpha value is -1.10. The maximum Gasteiger partial charge on any atom is 0.326 e. The highest BCUT2D eigenvalue weighted by atomic mass is 16.5. The first-order valence-corrected chi connectivity index (χ1v) is 5.50. The summed E-state index contributed by atoms with van der Waals surface area (Å²) in [7, 11) is 1.61. The summed E-state index contributed by atoms with van der Waals surface area (Å²) in [6, 6.07) is -0.796. The average Bonchev–Trinajstić information content (AvgIpc) is 2.20. The van der Waals surface area contributed by atoms with E-state index >= 15 is 0 Å². The summed E-state index contributed by atoms with van der Waals surface area (Å²) in [5, 5.41) is 11.4. The molecule has 1 amide bonds. The number of aliphatic carboxylic acids is 1. The van der Waals surface area contributed by atoms with E-state index in [4.69, 9.17) is 9.84 Å². The maximum atomic E-state index is 11.4. The lowest BCUT2D eigenvalue weighted by Crippen LogP contribution is -2.44. The zero-order chi connectivity index (χ0) is 12.6. The molecule has 0 saturated heterocycles. The molecule has 16 heavy (non-hydrogen) atoms. The van der Waals surface area contributed by atoms with E-state index in [2.05, 4.69) is 5.32 Å². The third-order valence-corrected chi connectivity index (χ3v) is 2.25. The van der Waals surface area contributed by atoms with Crippen LogP contribution in [0.3, 0.4) is 0 Å². The lowest BCUT2D eigenvalue weighted by molar-refractivity contribution is -0.143. The van der Waals surface area contributed by atoms with Gasteiger partial charge in [-0.2, -0.15) is 0 Å². The predicted molar refractivity (Wildman–Crippen MR) is 60.1 cm³/mol.